The third kappa shape index (κ3) is 1.78. The van der Waals surface area contributed by atoms with Gasteiger partial charge in [-0.3, -0.25) is 4.79 Å². The van der Waals surface area contributed by atoms with Crippen molar-refractivity contribution in [1.29, 1.82) is 0 Å². The first-order chi connectivity index (χ1) is 8.74. The molecule has 0 saturated heterocycles. The van der Waals surface area contributed by atoms with E-state index >= 15 is 0 Å². The van der Waals surface area contributed by atoms with E-state index in [4.69, 9.17) is 5.73 Å². The summed E-state index contributed by atoms with van der Waals surface area (Å²) in [5.74, 6) is -0.415. The molecule has 2 aromatic carbocycles. The summed E-state index contributed by atoms with van der Waals surface area (Å²) in [6.45, 7) is 0.721. The van der Waals surface area contributed by atoms with Crippen molar-refractivity contribution in [2.75, 3.05) is 10.6 Å². The molecule has 0 saturated carbocycles. The Morgan fingerprint density at radius 1 is 1.06 bits per heavy atom. The van der Waals surface area contributed by atoms with Crippen molar-refractivity contribution in [3.05, 3.63) is 53.6 Å². The molecule has 0 unspecified atom stereocenters. The normalized spacial score (nSPS) is 12.4. The van der Waals surface area contributed by atoms with Gasteiger partial charge in [0.15, 0.2) is 0 Å². The van der Waals surface area contributed by atoms with Gasteiger partial charge in [-0.15, -0.1) is 0 Å². The predicted molar refractivity (Wildman–Crippen MR) is 72.0 cm³/mol. The Labute approximate surface area is 105 Å². The van der Waals surface area contributed by atoms with Gasteiger partial charge >= 0.3 is 0 Å². The van der Waals surface area contributed by atoms with E-state index in [9.17, 15) is 4.79 Å². The van der Waals surface area contributed by atoms with Crippen LogP contribution in [0.3, 0.4) is 0 Å². The summed E-state index contributed by atoms with van der Waals surface area (Å²) >= 11 is 0. The highest BCUT2D eigenvalue weighted by atomic mass is 16.1. The molecule has 1 heterocycles. The number of carbonyl (C=O) groups is 1. The maximum Gasteiger partial charge on any atom is 0.248 e. The van der Waals surface area contributed by atoms with Crippen molar-refractivity contribution in [1.82, 2.24) is 0 Å². The first-order valence-electron chi connectivity index (χ1n) is 5.77. The van der Waals surface area contributed by atoms with Crippen LogP contribution >= 0.6 is 0 Å². The summed E-state index contributed by atoms with van der Waals surface area (Å²) in [6.07, 6.45) is 0. The molecule has 2 aromatic rings. The van der Waals surface area contributed by atoms with Gasteiger partial charge in [-0.25, -0.2) is 0 Å². The zero-order chi connectivity index (χ0) is 12.5. The molecule has 90 valence electrons. The second kappa shape index (κ2) is 4.07. The van der Waals surface area contributed by atoms with E-state index in [0.29, 0.717) is 5.56 Å². The number of rotatable bonds is 1. The minimum atomic E-state index is -0.415. The Hall–Kier alpha value is -2.49. The zero-order valence-corrected chi connectivity index (χ0v) is 9.73. The van der Waals surface area contributed by atoms with E-state index in [-0.39, 0.29) is 0 Å². The minimum absolute atomic E-state index is 0.415. The van der Waals surface area contributed by atoms with Gasteiger partial charge in [0.2, 0.25) is 5.91 Å². The average molecular weight is 239 g/mol. The molecule has 0 bridgehead atoms. The Balaban J connectivity index is 2.04. The number of carbonyl (C=O) groups excluding carboxylic acids is 1. The first-order valence-corrected chi connectivity index (χ1v) is 5.77. The summed E-state index contributed by atoms with van der Waals surface area (Å²) in [4.78, 5) is 11.2. The number of nitrogens with one attached hydrogen (secondary N) is 2. The lowest BCUT2D eigenvalue weighted by molar-refractivity contribution is 0.100. The molecule has 1 aliphatic heterocycles. The highest BCUT2D eigenvalue weighted by molar-refractivity contribution is 5.95. The molecule has 0 aliphatic carbocycles. The third-order valence-electron chi connectivity index (χ3n) is 3.06. The van der Waals surface area contributed by atoms with Gasteiger partial charge in [-0.05, 0) is 29.8 Å². The first kappa shape index (κ1) is 10.7. The Bertz CT molecular complexity index is 622. The van der Waals surface area contributed by atoms with Crippen molar-refractivity contribution >= 4 is 23.0 Å². The molecule has 0 spiro atoms. The zero-order valence-electron chi connectivity index (χ0n) is 9.73. The van der Waals surface area contributed by atoms with Gasteiger partial charge < -0.3 is 16.4 Å². The van der Waals surface area contributed by atoms with Gasteiger partial charge in [0, 0.05) is 17.8 Å². The van der Waals surface area contributed by atoms with Gasteiger partial charge in [0.05, 0.1) is 11.4 Å². The summed E-state index contributed by atoms with van der Waals surface area (Å²) in [7, 11) is 0. The van der Waals surface area contributed by atoms with Crippen molar-refractivity contribution in [3.8, 4) is 0 Å². The predicted octanol–water partition coefficient (Wildman–Crippen LogP) is 2.45. The lowest BCUT2D eigenvalue weighted by atomic mass is 10.1. The largest absolute Gasteiger partial charge is 0.379 e. The molecule has 3 rings (SSSR count). The number of fused-ring (bicyclic) bond motifs is 2. The standard InChI is InChI=1S/C14H13N3O/c15-14(18)9-5-6-12-13(7-9)16-8-10-3-1-2-4-11(10)17-12/h1-7,16-17H,8H2,(H2,15,18). The maximum absolute atomic E-state index is 11.2. The van der Waals surface area contributed by atoms with Crippen LogP contribution in [0.1, 0.15) is 15.9 Å². The van der Waals surface area contributed by atoms with Crippen molar-refractivity contribution in [2.24, 2.45) is 5.73 Å². The Morgan fingerprint density at radius 3 is 2.72 bits per heavy atom. The van der Waals surface area contributed by atoms with Crippen molar-refractivity contribution in [3.63, 3.8) is 0 Å². The number of hydrogen-bond donors (Lipinski definition) is 3. The second-order valence-corrected chi connectivity index (χ2v) is 4.26. The number of hydrogen-bond acceptors (Lipinski definition) is 3. The van der Waals surface area contributed by atoms with Crippen LogP contribution < -0.4 is 16.4 Å². The van der Waals surface area contributed by atoms with Crippen LogP contribution in [0, 0.1) is 0 Å². The van der Waals surface area contributed by atoms with E-state index < -0.39 is 5.91 Å². The Morgan fingerprint density at radius 2 is 1.89 bits per heavy atom. The molecule has 4 nitrogen and oxygen atoms in total. The van der Waals surface area contributed by atoms with Gasteiger partial charge in [-0.1, -0.05) is 18.2 Å². The van der Waals surface area contributed by atoms with E-state index in [0.717, 1.165) is 23.6 Å². The molecular formula is C14H13N3O. The Kier molecular flexibility index (Phi) is 2.41. The van der Waals surface area contributed by atoms with Crippen molar-refractivity contribution in [2.45, 2.75) is 6.54 Å². The number of anilines is 3. The molecule has 1 aliphatic rings. The van der Waals surface area contributed by atoms with Crippen molar-refractivity contribution < 1.29 is 4.79 Å². The fourth-order valence-corrected chi connectivity index (χ4v) is 2.08. The SMILES string of the molecule is NC(=O)c1ccc2c(c1)NCc1ccccc1N2. The van der Waals surface area contributed by atoms with Crippen LogP contribution in [0.4, 0.5) is 17.1 Å². The van der Waals surface area contributed by atoms with Crippen LogP contribution in [0.5, 0.6) is 0 Å². The monoisotopic (exact) mass is 239 g/mol. The highest BCUT2D eigenvalue weighted by Crippen LogP contribution is 2.32. The molecule has 4 N–H and O–H groups in total. The summed E-state index contributed by atoms with van der Waals surface area (Å²) in [6, 6.07) is 13.5. The highest BCUT2D eigenvalue weighted by Gasteiger charge is 2.12. The summed E-state index contributed by atoms with van der Waals surface area (Å²) in [5, 5.41) is 6.66. The van der Waals surface area contributed by atoms with Crippen LogP contribution in [0.15, 0.2) is 42.5 Å². The molecule has 0 fully saturated rings. The van der Waals surface area contributed by atoms with Crippen LogP contribution in [-0.4, -0.2) is 5.91 Å². The van der Waals surface area contributed by atoms with E-state index in [1.807, 2.05) is 24.3 Å². The van der Waals surface area contributed by atoms with Gasteiger partial charge in [0.1, 0.15) is 0 Å². The average Bonchev–Trinajstić information content (AvgIpc) is 2.56. The molecule has 18 heavy (non-hydrogen) atoms. The van der Waals surface area contributed by atoms with Gasteiger partial charge in [0.25, 0.3) is 0 Å². The van der Waals surface area contributed by atoms with Crippen LogP contribution in [0.2, 0.25) is 0 Å². The third-order valence-corrected chi connectivity index (χ3v) is 3.06. The maximum atomic E-state index is 11.2. The van der Waals surface area contributed by atoms with Crippen LogP contribution in [0.25, 0.3) is 0 Å². The lowest BCUT2D eigenvalue weighted by Gasteiger charge is -2.09. The topological polar surface area (TPSA) is 67.2 Å². The van der Waals surface area contributed by atoms with E-state index in [1.165, 1.54) is 5.56 Å². The molecule has 4 heteroatoms. The molecule has 0 radical (unpaired) electrons. The fourth-order valence-electron chi connectivity index (χ4n) is 2.08. The number of nitrogens with two attached hydrogens (primary N) is 1. The number of benzene rings is 2. The molecule has 0 aromatic heterocycles. The van der Waals surface area contributed by atoms with Gasteiger partial charge in [-0.2, -0.15) is 0 Å². The molecular weight excluding hydrogens is 226 g/mol. The molecule has 0 atom stereocenters. The second-order valence-electron chi connectivity index (χ2n) is 4.26. The minimum Gasteiger partial charge on any atom is -0.379 e. The lowest BCUT2D eigenvalue weighted by Crippen LogP contribution is -2.11. The fraction of sp³-hybridized carbons (Fsp3) is 0.0714. The number of amides is 1. The number of primary amides is 1. The van der Waals surface area contributed by atoms with E-state index in [2.05, 4.69) is 16.7 Å². The van der Waals surface area contributed by atoms with E-state index in [1.54, 1.807) is 12.1 Å². The number of para-hydroxylation sites is 1. The quantitative estimate of drug-likeness (QED) is 0.716. The van der Waals surface area contributed by atoms with Crippen LogP contribution in [-0.2, 0) is 6.54 Å². The summed E-state index contributed by atoms with van der Waals surface area (Å²) < 4.78 is 0. The smallest absolute Gasteiger partial charge is 0.248 e. The summed E-state index contributed by atoms with van der Waals surface area (Å²) in [5.41, 5.74) is 9.90. The molecule has 1 amide bonds.